The maximum atomic E-state index is 12.5. The number of nitrogens with zero attached hydrogens (tertiary/aromatic N) is 1. The van der Waals surface area contributed by atoms with Gasteiger partial charge in [-0.3, -0.25) is 4.79 Å². The van der Waals surface area contributed by atoms with Gasteiger partial charge >= 0.3 is 6.03 Å². The Balaban J connectivity index is 1.48. The van der Waals surface area contributed by atoms with E-state index in [1.165, 1.54) is 0 Å². The fourth-order valence-corrected chi connectivity index (χ4v) is 3.10. The molecule has 0 unspecified atom stereocenters. The number of likely N-dealkylation sites (tertiary alicyclic amines) is 1. The van der Waals surface area contributed by atoms with Crippen LogP contribution in [0.2, 0.25) is 5.02 Å². The summed E-state index contributed by atoms with van der Waals surface area (Å²) >= 11 is 5.95. The van der Waals surface area contributed by atoms with E-state index in [0.717, 1.165) is 18.5 Å². The van der Waals surface area contributed by atoms with Crippen molar-refractivity contribution in [3.05, 3.63) is 65.2 Å². The average molecular weight is 358 g/mol. The van der Waals surface area contributed by atoms with Crippen molar-refractivity contribution in [3.8, 4) is 0 Å². The van der Waals surface area contributed by atoms with E-state index < -0.39 is 0 Å². The average Bonchev–Trinajstić information content (AvgIpc) is 2.62. The van der Waals surface area contributed by atoms with Crippen LogP contribution in [0.4, 0.5) is 10.5 Å². The van der Waals surface area contributed by atoms with Crippen LogP contribution < -0.4 is 10.6 Å². The second-order valence-electron chi connectivity index (χ2n) is 6.04. The van der Waals surface area contributed by atoms with Gasteiger partial charge < -0.3 is 15.5 Å². The van der Waals surface area contributed by atoms with Gasteiger partial charge in [0.1, 0.15) is 0 Å². The zero-order chi connectivity index (χ0) is 17.6. The largest absolute Gasteiger partial charge is 0.338 e. The fourth-order valence-electron chi connectivity index (χ4n) is 2.91. The molecule has 0 spiro atoms. The van der Waals surface area contributed by atoms with Gasteiger partial charge in [-0.15, -0.1) is 0 Å². The van der Waals surface area contributed by atoms with Gasteiger partial charge in [-0.1, -0.05) is 35.9 Å². The minimum atomic E-state index is -0.217. The molecule has 6 heteroatoms. The van der Waals surface area contributed by atoms with Gasteiger partial charge in [0.2, 0.25) is 0 Å². The number of urea groups is 1. The summed E-state index contributed by atoms with van der Waals surface area (Å²) < 4.78 is 0. The van der Waals surface area contributed by atoms with E-state index in [4.69, 9.17) is 11.6 Å². The predicted molar refractivity (Wildman–Crippen MR) is 99.0 cm³/mol. The van der Waals surface area contributed by atoms with Gasteiger partial charge in [0.25, 0.3) is 5.91 Å². The minimum Gasteiger partial charge on any atom is -0.338 e. The number of carbonyl (C=O) groups is 2. The summed E-state index contributed by atoms with van der Waals surface area (Å²) in [6.45, 7) is 1.23. The van der Waals surface area contributed by atoms with Crippen molar-refractivity contribution in [2.45, 2.75) is 18.9 Å². The van der Waals surface area contributed by atoms with Gasteiger partial charge in [0, 0.05) is 35.4 Å². The Labute approximate surface area is 152 Å². The van der Waals surface area contributed by atoms with E-state index in [1.807, 2.05) is 30.3 Å². The van der Waals surface area contributed by atoms with Crippen LogP contribution in [0.3, 0.4) is 0 Å². The molecule has 1 fully saturated rings. The lowest BCUT2D eigenvalue weighted by molar-refractivity contribution is 0.0709. The fraction of sp³-hybridized carbons (Fsp3) is 0.263. The summed E-state index contributed by atoms with van der Waals surface area (Å²) in [5, 5.41) is 6.33. The van der Waals surface area contributed by atoms with Gasteiger partial charge in [-0.05, 0) is 43.2 Å². The standard InChI is InChI=1S/C19H20ClN3O2/c20-15-6-4-5-14(13-15)18(24)23-11-9-17(10-12-23)22-19(25)21-16-7-2-1-3-8-16/h1-8,13,17H,9-12H2,(H2,21,22,25). The normalized spacial score (nSPS) is 14.8. The summed E-state index contributed by atoms with van der Waals surface area (Å²) in [5.41, 5.74) is 1.36. The highest BCUT2D eigenvalue weighted by atomic mass is 35.5. The Kier molecular flexibility index (Phi) is 5.56. The number of hydrogen-bond donors (Lipinski definition) is 2. The number of amides is 3. The summed E-state index contributed by atoms with van der Waals surface area (Å²) in [6.07, 6.45) is 1.46. The van der Waals surface area contributed by atoms with E-state index in [0.29, 0.717) is 23.7 Å². The molecule has 3 amide bonds. The van der Waals surface area contributed by atoms with Crippen LogP contribution in [0.1, 0.15) is 23.2 Å². The highest BCUT2D eigenvalue weighted by Crippen LogP contribution is 2.17. The van der Waals surface area contributed by atoms with Gasteiger partial charge in [-0.25, -0.2) is 4.79 Å². The topological polar surface area (TPSA) is 61.4 Å². The van der Waals surface area contributed by atoms with Crippen molar-refractivity contribution in [1.29, 1.82) is 0 Å². The first-order chi connectivity index (χ1) is 12.1. The van der Waals surface area contributed by atoms with Crippen molar-refractivity contribution >= 4 is 29.2 Å². The quantitative estimate of drug-likeness (QED) is 0.878. The Morgan fingerprint density at radius 3 is 2.40 bits per heavy atom. The molecule has 1 saturated heterocycles. The monoisotopic (exact) mass is 357 g/mol. The van der Waals surface area contributed by atoms with Gasteiger partial charge in [-0.2, -0.15) is 0 Å². The first kappa shape index (κ1) is 17.3. The summed E-state index contributed by atoms with van der Waals surface area (Å²) in [7, 11) is 0. The first-order valence-corrected chi connectivity index (χ1v) is 8.67. The molecule has 1 aliphatic rings. The number of halogens is 1. The van der Waals surface area contributed by atoms with Crippen LogP contribution in [0.15, 0.2) is 54.6 Å². The SMILES string of the molecule is O=C(Nc1ccccc1)NC1CCN(C(=O)c2cccc(Cl)c2)CC1. The van der Waals surface area contributed by atoms with Crippen LogP contribution in [-0.2, 0) is 0 Å². The van der Waals surface area contributed by atoms with Crippen molar-refractivity contribution in [2.24, 2.45) is 0 Å². The molecule has 25 heavy (non-hydrogen) atoms. The van der Waals surface area contributed by atoms with Crippen molar-refractivity contribution < 1.29 is 9.59 Å². The Bertz CT molecular complexity index is 743. The first-order valence-electron chi connectivity index (χ1n) is 8.29. The molecular formula is C19H20ClN3O2. The molecule has 130 valence electrons. The molecule has 0 bridgehead atoms. The molecule has 2 aromatic carbocycles. The van der Waals surface area contributed by atoms with Crippen molar-refractivity contribution in [2.75, 3.05) is 18.4 Å². The van der Waals surface area contributed by atoms with E-state index in [2.05, 4.69) is 10.6 Å². The molecule has 0 aliphatic carbocycles. The molecule has 2 aromatic rings. The van der Waals surface area contributed by atoms with E-state index in [1.54, 1.807) is 29.2 Å². The maximum Gasteiger partial charge on any atom is 0.319 e. The smallest absolute Gasteiger partial charge is 0.319 e. The highest BCUT2D eigenvalue weighted by molar-refractivity contribution is 6.30. The number of piperidine rings is 1. The van der Waals surface area contributed by atoms with Crippen molar-refractivity contribution in [1.82, 2.24) is 10.2 Å². The number of nitrogens with one attached hydrogen (secondary N) is 2. The molecule has 2 N–H and O–H groups in total. The van der Waals surface area contributed by atoms with E-state index in [9.17, 15) is 9.59 Å². The third-order valence-corrected chi connectivity index (χ3v) is 4.46. The molecule has 1 aliphatic heterocycles. The molecule has 3 rings (SSSR count). The lowest BCUT2D eigenvalue weighted by Crippen LogP contribution is -2.47. The minimum absolute atomic E-state index is 0.0188. The maximum absolute atomic E-state index is 12.5. The highest BCUT2D eigenvalue weighted by Gasteiger charge is 2.24. The zero-order valence-electron chi connectivity index (χ0n) is 13.7. The predicted octanol–water partition coefficient (Wildman–Crippen LogP) is 3.77. The van der Waals surface area contributed by atoms with E-state index in [-0.39, 0.29) is 18.0 Å². The summed E-state index contributed by atoms with van der Waals surface area (Å²) in [4.78, 5) is 26.3. The number of rotatable bonds is 3. The number of carbonyl (C=O) groups excluding carboxylic acids is 2. The molecule has 1 heterocycles. The van der Waals surface area contributed by atoms with E-state index >= 15 is 0 Å². The van der Waals surface area contributed by atoms with Crippen molar-refractivity contribution in [3.63, 3.8) is 0 Å². The second-order valence-corrected chi connectivity index (χ2v) is 6.48. The van der Waals surface area contributed by atoms with Crippen LogP contribution in [0.25, 0.3) is 0 Å². The molecular weight excluding hydrogens is 338 g/mol. The molecule has 5 nitrogen and oxygen atoms in total. The third-order valence-electron chi connectivity index (χ3n) is 4.22. The van der Waals surface area contributed by atoms with Crippen LogP contribution in [0.5, 0.6) is 0 Å². The second kappa shape index (κ2) is 8.03. The zero-order valence-corrected chi connectivity index (χ0v) is 14.5. The molecule has 0 saturated carbocycles. The van der Waals surface area contributed by atoms with Crippen LogP contribution >= 0.6 is 11.6 Å². The Morgan fingerprint density at radius 1 is 1.00 bits per heavy atom. The number of para-hydroxylation sites is 1. The third kappa shape index (κ3) is 4.73. The lowest BCUT2D eigenvalue weighted by atomic mass is 10.0. The summed E-state index contributed by atoms with van der Waals surface area (Å²) in [6, 6.07) is 16.1. The molecule has 0 aromatic heterocycles. The number of anilines is 1. The molecule has 0 radical (unpaired) electrons. The molecule has 0 atom stereocenters. The lowest BCUT2D eigenvalue weighted by Gasteiger charge is -2.32. The summed E-state index contributed by atoms with van der Waals surface area (Å²) in [5.74, 6) is -0.0188. The Morgan fingerprint density at radius 2 is 1.72 bits per heavy atom. The number of benzene rings is 2. The van der Waals surface area contributed by atoms with Crippen LogP contribution in [0, 0.1) is 0 Å². The Hall–Kier alpha value is -2.53. The number of hydrogen-bond acceptors (Lipinski definition) is 2. The van der Waals surface area contributed by atoms with Gasteiger partial charge in [0.15, 0.2) is 0 Å². The van der Waals surface area contributed by atoms with Crippen LogP contribution in [-0.4, -0.2) is 36.0 Å². The van der Waals surface area contributed by atoms with Gasteiger partial charge in [0.05, 0.1) is 0 Å².